The monoisotopic (exact) mass is 222 g/mol. The first-order valence-corrected chi connectivity index (χ1v) is 5.77. The number of hydrogen-bond acceptors (Lipinski definition) is 4. The molecule has 0 fully saturated rings. The van der Waals surface area contributed by atoms with Gasteiger partial charge in [0.1, 0.15) is 0 Å². The van der Waals surface area contributed by atoms with Crippen molar-refractivity contribution in [2.24, 2.45) is 7.05 Å². The van der Waals surface area contributed by atoms with Crippen molar-refractivity contribution in [1.82, 2.24) is 20.1 Å². The molecule has 0 atom stereocenters. The highest BCUT2D eigenvalue weighted by atomic mass is 32.1. The Morgan fingerprint density at radius 1 is 1.47 bits per heavy atom. The van der Waals surface area contributed by atoms with Crippen LogP contribution in [0.25, 0.3) is 0 Å². The molecule has 0 amide bonds. The standard InChI is InChI=1S/C10H14N4S/c1-8-9(5-14(2)13-8)3-11-4-10-6-15-7-12-10/h5-7,11H,3-4H2,1-2H3. The van der Waals surface area contributed by atoms with E-state index in [4.69, 9.17) is 0 Å². The van der Waals surface area contributed by atoms with E-state index in [2.05, 4.69) is 20.8 Å². The van der Waals surface area contributed by atoms with Gasteiger partial charge in [-0.2, -0.15) is 5.10 Å². The number of nitrogens with one attached hydrogen (secondary N) is 1. The summed E-state index contributed by atoms with van der Waals surface area (Å²) in [4.78, 5) is 4.21. The van der Waals surface area contributed by atoms with Gasteiger partial charge in [0.15, 0.2) is 0 Å². The second kappa shape index (κ2) is 4.55. The maximum absolute atomic E-state index is 4.29. The lowest BCUT2D eigenvalue weighted by Gasteiger charge is -2.00. The van der Waals surface area contributed by atoms with Crippen LogP contribution in [0, 0.1) is 6.92 Å². The minimum Gasteiger partial charge on any atom is -0.307 e. The van der Waals surface area contributed by atoms with E-state index in [0.29, 0.717) is 0 Å². The molecule has 0 bridgehead atoms. The summed E-state index contributed by atoms with van der Waals surface area (Å²) in [6.07, 6.45) is 2.05. The van der Waals surface area contributed by atoms with Crippen LogP contribution in [-0.2, 0) is 20.1 Å². The van der Waals surface area contributed by atoms with Crippen LogP contribution in [0.4, 0.5) is 0 Å². The van der Waals surface area contributed by atoms with E-state index in [1.165, 1.54) is 5.56 Å². The molecule has 1 N–H and O–H groups in total. The Kier molecular flexibility index (Phi) is 3.13. The van der Waals surface area contributed by atoms with Crippen LogP contribution >= 0.6 is 11.3 Å². The Hall–Kier alpha value is -1.20. The minimum atomic E-state index is 0.817. The van der Waals surface area contributed by atoms with E-state index in [0.717, 1.165) is 24.5 Å². The quantitative estimate of drug-likeness (QED) is 0.852. The zero-order valence-corrected chi connectivity index (χ0v) is 9.71. The van der Waals surface area contributed by atoms with Crippen LogP contribution in [-0.4, -0.2) is 14.8 Å². The zero-order valence-electron chi connectivity index (χ0n) is 8.90. The first-order valence-electron chi connectivity index (χ1n) is 4.82. The van der Waals surface area contributed by atoms with Gasteiger partial charge in [0.25, 0.3) is 0 Å². The van der Waals surface area contributed by atoms with Crippen molar-refractivity contribution >= 4 is 11.3 Å². The Labute approximate surface area is 93.0 Å². The molecule has 0 spiro atoms. The summed E-state index contributed by atoms with van der Waals surface area (Å²) in [6, 6.07) is 0. The topological polar surface area (TPSA) is 42.7 Å². The van der Waals surface area contributed by atoms with Gasteiger partial charge in [-0.25, -0.2) is 4.98 Å². The maximum atomic E-state index is 4.29. The lowest BCUT2D eigenvalue weighted by Crippen LogP contribution is -2.13. The normalized spacial score (nSPS) is 10.8. The zero-order chi connectivity index (χ0) is 10.7. The third-order valence-electron chi connectivity index (χ3n) is 2.22. The van der Waals surface area contributed by atoms with Gasteiger partial charge in [0.05, 0.1) is 16.9 Å². The van der Waals surface area contributed by atoms with Crippen LogP contribution in [0.1, 0.15) is 17.0 Å². The number of thiazole rings is 1. The van der Waals surface area contributed by atoms with Gasteiger partial charge in [-0.1, -0.05) is 0 Å². The average molecular weight is 222 g/mol. The summed E-state index contributed by atoms with van der Waals surface area (Å²) >= 11 is 1.63. The molecule has 0 radical (unpaired) electrons. The predicted molar refractivity (Wildman–Crippen MR) is 60.6 cm³/mol. The molecule has 0 aromatic carbocycles. The molecule has 5 heteroatoms. The second-order valence-corrected chi connectivity index (χ2v) is 4.22. The number of hydrogen-bond donors (Lipinski definition) is 1. The van der Waals surface area contributed by atoms with Crippen LogP contribution < -0.4 is 5.32 Å². The van der Waals surface area contributed by atoms with E-state index in [-0.39, 0.29) is 0 Å². The van der Waals surface area contributed by atoms with E-state index in [1.807, 2.05) is 30.4 Å². The Morgan fingerprint density at radius 3 is 2.93 bits per heavy atom. The van der Waals surface area contributed by atoms with Gasteiger partial charge in [-0.3, -0.25) is 4.68 Å². The van der Waals surface area contributed by atoms with Gasteiger partial charge < -0.3 is 5.32 Å². The third kappa shape index (κ3) is 2.64. The summed E-state index contributed by atoms with van der Waals surface area (Å²) in [7, 11) is 1.94. The van der Waals surface area contributed by atoms with E-state index in [9.17, 15) is 0 Å². The van der Waals surface area contributed by atoms with Crippen LogP contribution in [0.15, 0.2) is 17.1 Å². The molecule has 80 valence electrons. The average Bonchev–Trinajstić information content (AvgIpc) is 2.77. The van der Waals surface area contributed by atoms with Crippen LogP contribution in [0.5, 0.6) is 0 Å². The molecule has 15 heavy (non-hydrogen) atoms. The van der Waals surface area contributed by atoms with Gasteiger partial charge in [0, 0.05) is 37.3 Å². The maximum Gasteiger partial charge on any atom is 0.0795 e. The fraction of sp³-hybridized carbons (Fsp3) is 0.400. The van der Waals surface area contributed by atoms with Crippen molar-refractivity contribution in [2.45, 2.75) is 20.0 Å². The molecule has 2 aromatic rings. The fourth-order valence-electron chi connectivity index (χ4n) is 1.47. The lowest BCUT2D eigenvalue weighted by atomic mass is 10.2. The molecule has 0 saturated carbocycles. The molecular weight excluding hydrogens is 208 g/mol. The summed E-state index contributed by atoms with van der Waals surface area (Å²) in [5.41, 5.74) is 5.28. The van der Waals surface area contributed by atoms with Crippen molar-refractivity contribution in [3.63, 3.8) is 0 Å². The molecular formula is C10H14N4S. The molecule has 0 saturated heterocycles. The molecule has 2 aromatic heterocycles. The molecule has 2 rings (SSSR count). The lowest BCUT2D eigenvalue weighted by molar-refractivity contribution is 0.680. The summed E-state index contributed by atoms with van der Waals surface area (Å²) in [5, 5.41) is 9.70. The highest BCUT2D eigenvalue weighted by molar-refractivity contribution is 7.07. The molecule has 0 aliphatic heterocycles. The van der Waals surface area contributed by atoms with Gasteiger partial charge in [-0.05, 0) is 6.92 Å². The summed E-state index contributed by atoms with van der Waals surface area (Å²) in [6.45, 7) is 3.69. The van der Waals surface area contributed by atoms with E-state index < -0.39 is 0 Å². The molecule has 2 heterocycles. The minimum absolute atomic E-state index is 0.817. The van der Waals surface area contributed by atoms with Crippen LogP contribution in [0.2, 0.25) is 0 Å². The third-order valence-corrected chi connectivity index (χ3v) is 2.86. The Balaban J connectivity index is 1.86. The van der Waals surface area contributed by atoms with Crippen molar-refractivity contribution < 1.29 is 0 Å². The van der Waals surface area contributed by atoms with Gasteiger partial charge >= 0.3 is 0 Å². The van der Waals surface area contributed by atoms with Crippen molar-refractivity contribution in [3.8, 4) is 0 Å². The number of aromatic nitrogens is 3. The van der Waals surface area contributed by atoms with E-state index >= 15 is 0 Å². The Morgan fingerprint density at radius 2 is 2.33 bits per heavy atom. The number of nitrogens with zero attached hydrogens (tertiary/aromatic N) is 3. The molecule has 4 nitrogen and oxygen atoms in total. The molecule has 0 aliphatic rings. The van der Waals surface area contributed by atoms with Crippen molar-refractivity contribution in [1.29, 1.82) is 0 Å². The SMILES string of the molecule is Cc1nn(C)cc1CNCc1cscn1. The molecule has 0 unspecified atom stereocenters. The first-order chi connectivity index (χ1) is 7.25. The summed E-state index contributed by atoms with van der Waals surface area (Å²) < 4.78 is 1.84. The van der Waals surface area contributed by atoms with Crippen molar-refractivity contribution in [3.05, 3.63) is 34.0 Å². The predicted octanol–water partition coefficient (Wildman–Crippen LogP) is 1.47. The number of rotatable bonds is 4. The largest absolute Gasteiger partial charge is 0.307 e. The number of aryl methyl sites for hydroxylation is 2. The molecule has 0 aliphatic carbocycles. The Bertz CT molecular complexity index is 419. The highest BCUT2D eigenvalue weighted by Gasteiger charge is 2.02. The first kappa shape index (κ1) is 10.3. The summed E-state index contributed by atoms with van der Waals surface area (Å²) in [5.74, 6) is 0. The van der Waals surface area contributed by atoms with Gasteiger partial charge in [0.2, 0.25) is 0 Å². The van der Waals surface area contributed by atoms with E-state index in [1.54, 1.807) is 11.3 Å². The van der Waals surface area contributed by atoms with Gasteiger partial charge in [-0.15, -0.1) is 11.3 Å². The fourth-order valence-corrected chi connectivity index (χ4v) is 2.03. The second-order valence-electron chi connectivity index (χ2n) is 3.50. The van der Waals surface area contributed by atoms with Crippen molar-refractivity contribution in [2.75, 3.05) is 0 Å². The smallest absolute Gasteiger partial charge is 0.0795 e. The van der Waals surface area contributed by atoms with Crippen LogP contribution in [0.3, 0.4) is 0 Å². The highest BCUT2D eigenvalue weighted by Crippen LogP contribution is 2.05.